The van der Waals surface area contributed by atoms with Crippen LogP contribution in [0.25, 0.3) is 0 Å². The quantitative estimate of drug-likeness (QED) is 0.829. The first-order valence-electron chi connectivity index (χ1n) is 7.71. The number of likely N-dealkylation sites (N-methyl/N-ethyl adjacent to an activating group) is 1. The molecule has 1 amide bonds. The van der Waals surface area contributed by atoms with Crippen molar-refractivity contribution < 1.29 is 4.79 Å². The van der Waals surface area contributed by atoms with Gasteiger partial charge in [0.05, 0.1) is 6.42 Å². The van der Waals surface area contributed by atoms with E-state index >= 15 is 0 Å². The van der Waals surface area contributed by atoms with Gasteiger partial charge in [-0.3, -0.25) is 4.79 Å². The number of hydrogen-bond donors (Lipinski definition) is 0. The van der Waals surface area contributed by atoms with Gasteiger partial charge in [0.2, 0.25) is 5.91 Å². The first-order chi connectivity index (χ1) is 9.97. The molecule has 3 nitrogen and oxygen atoms in total. The Morgan fingerprint density at radius 2 is 1.86 bits per heavy atom. The van der Waals surface area contributed by atoms with Gasteiger partial charge in [-0.05, 0) is 44.4 Å². The number of carbonyl (C=O) groups excluding carboxylic acids is 1. The molecule has 0 bridgehead atoms. The third kappa shape index (κ3) is 4.55. The molecular weight excluding hydrogens is 328 g/mol. The van der Waals surface area contributed by atoms with Gasteiger partial charge in [0.15, 0.2) is 0 Å². The third-order valence-corrected chi connectivity index (χ3v) is 4.97. The number of piperidine rings is 1. The van der Waals surface area contributed by atoms with Crippen molar-refractivity contribution in [2.75, 3.05) is 20.1 Å². The molecule has 1 aromatic rings. The molecule has 0 aliphatic carbocycles. The van der Waals surface area contributed by atoms with Crippen LogP contribution < -0.4 is 0 Å². The molecule has 0 atom stereocenters. The van der Waals surface area contributed by atoms with Crippen LogP contribution in [-0.4, -0.2) is 47.9 Å². The summed E-state index contributed by atoms with van der Waals surface area (Å²) in [6, 6.07) is 9.00. The molecule has 1 saturated heterocycles. The van der Waals surface area contributed by atoms with Crippen LogP contribution in [0.3, 0.4) is 0 Å². The number of benzene rings is 1. The minimum Gasteiger partial charge on any atom is -0.342 e. The Morgan fingerprint density at radius 3 is 2.38 bits per heavy atom. The molecule has 2 rings (SSSR count). The largest absolute Gasteiger partial charge is 0.342 e. The molecule has 0 aromatic heterocycles. The number of likely N-dealkylation sites (tertiary alicyclic amines) is 1. The summed E-state index contributed by atoms with van der Waals surface area (Å²) in [6.07, 6.45) is 2.66. The molecule has 0 N–H and O–H groups in total. The van der Waals surface area contributed by atoms with Gasteiger partial charge < -0.3 is 9.80 Å². The summed E-state index contributed by atoms with van der Waals surface area (Å²) >= 11 is 3.42. The highest BCUT2D eigenvalue weighted by Gasteiger charge is 2.26. The smallest absolute Gasteiger partial charge is 0.226 e. The molecule has 0 radical (unpaired) electrons. The van der Waals surface area contributed by atoms with E-state index in [0.29, 0.717) is 18.5 Å². The van der Waals surface area contributed by atoms with E-state index in [2.05, 4.69) is 34.7 Å². The summed E-state index contributed by atoms with van der Waals surface area (Å²) in [4.78, 5) is 16.9. The van der Waals surface area contributed by atoms with Gasteiger partial charge in [0, 0.05) is 36.7 Å². The first kappa shape index (κ1) is 16.5. The molecule has 1 heterocycles. The van der Waals surface area contributed by atoms with Gasteiger partial charge >= 0.3 is 0 Å². The van der Waals surface area contributed by atoms with Crippen LogP contribution in [0.1, 0.15) is 32.3 Å². The van der Waals surface area contributed by atoms with Crippen molar-refractivity contribution in [2.24, 2.45) is 0 Å². The van der Waals surface area contributed by atoms with Crippen molar-refractivity contribution in [1.29, 1.82) is 0 Å². The van der Waals surface area contributed by atoms with Crippen LogP contribution in [0.2, 0.25) is 0 Å². The van der Waals surface area contributed by atoms with Crippen LogP contribution in [0.4, 0.5) is 0 Å². The Balaban J connectivity index is 1.87. The highest BCUT2D eigenvalue weighted by molar-refractivity contribution is 9.10. The van der Waals surface area contributed by atoms with Crippen LogP contribution in [0.5, 0.6) is 0 Å². The predicted octanol–water partition coefficient (Wildman–Crippen LogP) is 3.32. The Labute approximate surface area is 136 Å². The average Bonchev–Trinajstić information content (AvgIpc) is 2.49. The van der Waals surface area contributed by atoms with Crippen LogP contribution in [-0.2, 0) is 11.2 Å². The van der Waals surface area contributed by atoms with Gasteiger partial charge in [0.1, 0.15) is 0 Å². The topological polar surface area (TPSA) is 23.6 Å². The summed E-state index contributed by atoms with van der Waals surface area (Å²) in [5.41, 5.74) is 1.08. The summed E-state index contributed by atoms with van der Waals surface area (Å²) in [5, 5.41) is 0. The maximum atomic E-state index is 12.4. The number of carbonyl (C=O) groups is 1. The fourth-order valence-corrected chi connectivity index (χ4v) is 3.16. The van der Waals surface area contributed by atoms with Crippen molar-refractivity contribution in [1.82, 2.24) is 9.80 Å². The summed E-state index contributed by atoms with van der Waals surface area (Å²) in [6.45, 7) is 6.67. The lowest BCUT2D eigenvalue weighted by Gasteiger charge is -2.38. The molecule has 116 valence electrons. The summed E-state index contributed by atoms with van der Waals surface area (Å²) < 4.78 is 1.05. The Bertz CT molecular complexity index is 464. The van der Waals surface area contributed by atoms with E-state index < -0.39 is 0 Å². The zero-order chi connectivity index (χ0) is 15.4. The fourth-order valence-electron chi connectivity index (χ4n) is 2.89. The van der Waals surface area contributed by atoms with Crippen LogP contribution in [0.15, 0.2) is 28.7 Å². The highest BCUT2D eigenvalue weighted by Crippen LogP contribution is 2.18. The van der Waals surface area contributed by atoms with Crippen LogP contribution in [0, 0.1) is 0 Å². The number of rotatable bonds is 4. The Hall–Kier alpha value is -0.870. The monoisotopic (exact) mass is 352 g/mol. The number of halogens is 1. The Kier molecular flexibility index (Phi) is 5.82. The zero-order valence-electron chi connectivity index (χ0n) is 13.2. The minimum atomic E-state index is 0.223. The van der Waals surface area contributed by atoms with Gasteiger partial charge in [-0.2, -0.15) is 0 Å². The number of amides is 1. The molecule has 0 unspecified atom stereocenters. The fraction of sp³-hybridized carbons (Fsp3) is 0.588. The van der Waals surface area contributed by atoms with Crippen molar-refractivity contribution >= 4 is 21.8 Å². The first-order valence-corrected chi connectivity index (χ1v) is 8.51. The lowest BCUT2D eigenvalue weighted by Crippen LogP contribution is -2.47. The van der Waals surface area contributed by atoms with Gasteiger partial charge in [-0.1, -0.05) is 28.1 Å². The highest BCUT2D eigenvalue weighted by atomic mass is 79.9. The molecule has 1 fully saturated rings. The van der Waals surface area contributed by atoms with E-state index in [9.17, 15) is 4.79 Å². The minimum absolute atomic E-state index is 0.223. The molecular formula is C17H25BrN2O. The molecule has 1 aromatic carbocycles. The van der Waals surface area contributed by atoms with E-state index in [1.807, 2.05) is 36.2 Å². The van der Waals surface area contributed by atoms with Crippen molar-refractivity contribution in [3.63, 3.8) is 0 Å². The second kappa shape index (κ2) is 7.41. The van der Waals surface area contributed by atoms with E-state index in [1.54, 1.807) is 0 Å². The van der Waals surface area contributed by atoms with Crippen molar-refractivity contribution in [3.8, 4) is 0 Å². The molecule has 0 spiro atoms. The Morgan fingerprint density at radius 1 is 1.29 bits per heavy atom. The van der Waals surface area contributed by atoms with Crippen LogP contribution >= 0.6 is 15.9 Å². The normalized spacial score (nSPS) is 17.2. The van der Waals surface area contributed by atoms with E-state index in [-0.39, 0.29) is 5.91 Å². The van der Waals surface area contributed by atoms with E-state index in [1.165, 1.54) is 0 Å². The third-order valence-electron chi connectivity index (χ3n) is 4.44. The molecule has 0 saturated carbocycles. The SMILES string of the molecule is CC(C)N1CCC(N(C)C(=O)Cc2ccc(Br)cc2)CC1. The maximum Gasteiger partial charge on any atom is 0.226 e. The van der Waals surface area contributed by atoms with Gasteiger partial charge in [-0.25, -0.2) is 0 Å². The van der Waals surface area contributed by atoms with Gasteiger partial charge in [0.25, 0.3) is 0 Å². The second-order valence-corrected chi connectivity index (χ2v) is 7.08. The number of hydrogen-bond acceptors (Lipinski definition) is 2. The summed E-state index contributed by atoms with van der Waals surface area (Å²) in [7, 11) is 1.96. The average molecular weight is 353 g/mol. The molecule has 4 heteroatoms. The zero-order valence-corrected chi connectivity index (χ0v) is 14.8. The lowest BCUT2D eigenvalue weighted by atomic mass is 10.0. The van der Waals surface area contributed by atoms with Crippen molar-refractivity contribution in [3.05, 3.63) is 34.3 Å². The predicted molar refractivity (Wildman–Crippen MR) is 90.3 cm³/mol. The van der Waals surface area contributed by atoms with Gasteiger partial charge in [-0.15, -0.1) is 0 Å². The molecule has 21 heavy (non-hydrogen) atoms. The molecule has 1 aliphatic rings. The van der Waals surface area contributed by atoms with E-state index in [4.69, 9.17) is 0 Å². The second-order valence-electron chi connectivity index (χ2n) is 6.17. The molecule has 1 aliphatic heterocycles. The standard InChI is InChI=1S/C17H25BrN2O/c1-13(2)20-10-8-16(9-11-20)19(3)17(21)12-14-4-6-15(18)7-5-14/h4-7,13,16H,8-12H2,1-3H3. The number of nitrogens with zero attached hydrogens (tertiary/aromatic N) is 2. The maximum absolute atomic E-state index is 12.4. The summed E-state index contributed by atoms with van der Waals surface area (Å²) in [5.74, 6) is 0.223. The van der Waals surface area contributed by atoms with Crippen molar-refractivity contribution in [2.45, 2.75) is 45.2 Å². The van der Waals surface area contributed by atoms with E-state index in [0.717, 1.165) is 36.0 Å². The lowest BCUT2D eigenvalue weighted by molar-refractivity contribution is -0.132.